The second-order valence-electron chi connectivity index (χ2n) is 5.53. The fourth-order valence-corrected chi connectivity index (χ4v) is 3.27. The number of carbonyl (C=O) groups excluding carboxylic acids is 2. The molecule has 1 saturated heterocycles. The number of rotatable bonds is 2. The Hall–Kier alpha value is -1.78. The maximum atomic E-state index is 11.9. The average Bonchev–Trinajstić information content (AvgIpc) is 3.00. The summed E-state index contributed by atoms with van der Waals surface area (Å²) >= 11 is 0. The summed E-state index contributed by atoms with van der Waals surface area (Å²) in [4.78, 5) is 27.4. The molecule has 2 amide bonds. The zero-order valence-corrected chi connectivity index (χ0v) is 11.3. The van der Waals surface area contributed by atoms with Crippen LogP contribution in [0.1, 0.15) is 20.3 Å². The Morgan fingerprint density at radius 2 is 2.11 bits per heavy atom. The number of hydrogen-bond acceptors (Lipinski definition) is 3. The molecule has 0 spiro atoms. The number of carbonyl (C=O) groups is 2. The highest BCUT2D eigenvalue weighted by molar-refractivity contribution is 5.92. The molecule has 3 aliphatic heterocycles. The Bertz CT molecular complexity index is 483. The average molecular weight is 261 g/mol. The topological polar surface area (TPSA) is 52.7 Å². The Labute approximate surface area is 112 Å². The van der Waals surface area contributed by atoms with Crippen LogP contribution in [0.3, 0.4) is 0 Å². The smallest absolute Gasteiger partial charge is 0.247 e. The molecule has 0 aliphatic carbocycles. The van der Waals surface area contributed by atoms with Crippen LogP contribution >= 0.6 is 0 Å². The molecule has 0 aromatic carbocycles. The van der Waals surface area contributed by atoms with Gasteiger partial charge in [-0.05, 0) is 20.3 Å². The fraction of sp³-hybridized carbons (Fsp3) is 0.571. The highest BCUT2D eigenvalue weighted by Gasteiger charge is 2.37. The minimum absolute atomic E-state index is 0.0155. The highest BCUT2D eigenvalue weighted by Crippen LogP contribution is 2.26. The number of nitrogens with zero attached hydrogens (tertiary/aromatic N) is 2. The molecule has 0 aromatic rings. The van der Waals surface area contributed by atoms with E-state index in [4.69, 9.17) is 0 Å². The van der Waals surface area contributed by atoms with Gasteiger partial charge in [-0.25, -0.2) is 0 Å². The van der Waals surface area contributed by atoms with Crippen molar-refractivity contribution in [3.05, 3.63) is 23.9 Å². The van der Waals surface area contributed by atoms with Gasteiger partial charge in [0.1, 0.15) is 0 Å². The van der Waals surface area contributed by atoms with Crippen molar-refractivity contribution >= 4 is 11.8 Å². The predicted molar refractivity (Wildman–Crippen MR) is 71.1 cm³/mol. The first-order chi connectivity index (χ1) is 9.06. The molecular formula is C14H19N3O2. The third-order valence-electron chi connectivity index (χ3n) is 4.21. The molecule has 3 heterocycles. The monoisotopic (exact) mass is 261 g/mol. The quantitative estimate of drug-likeness (QED) is 0.775. The summed E-state index contributed by atoms with van der Waals surface area (Å²) in [5, 5.41) is 2.88. The maximum absolute atomic E-state index is 11.9. The summed E-state index contributed by atoms with van der Waals surface area (Å²) in [5.74, 6) is 0.0974. The van der Waals surface area contributed by atoms with Gasteiger partial charge in [0, 0.05) is 37.0 Å². The summed E-state index contributed by atoms with van der Waals surface area (Å²) in [5.41, 5.74) is 1.06. The van der Waals surface area contributed by atoms with Crippen LogP contribution in [-0.2, 0) is 9.59 Å². The second-order valence-corrected chi connectivity index (χ2v) is 5.53. The molecular weight excluding hydrogens is 242 g/mol. The first kappa shape index (κ1) is 12.3. The molecule has 0 radical (unpaired) electrons. The minimum atomic E-state index is -0.0155. The lowest BCUT2D eigenvalue weighted by atomic mass is 10.2. The van der Waals surface area contributed by atoms with Crippen molar-refractivity contribution < 1.29 is 9.59 Å². The van der Waals surface area contributed by atoms with Crippen molar-refractivity contribution in [3.8, 4) is 0 Å². The molecule has 0 saturated carbocycles. The zero-order chi connectivity index (χ0) is 13.6. The standard InChI is InChI=1S/C14H19N3O2/c1-9-3-4-14(19)17(9)11-5-6-16(8-11)12-7-13(18)15-10(12)2/h3-4,7,9-11H,5-6,8H2,1-2H3,(H,15,18). The van der Waals surface area contributed by atoms with E-state index in [9.17, 15) is 9.59 Å². The van der Waals surface area contributed by atoms with Crippen LogP contribution in [0.4, 0.5) is 0 Å². The van der Waals surface area contributed by atoms with Crippen LogP contribution in [-0.4, -0.2) is 52.8 Å². The Kier molecular flexibility index (Phi) is 2.84. The van der Waals surface area contributed by atoms with Crippen LogP contribution in [0, 0.1) is 0 Å². The lowest BCUT2D eigenvalue weighted by Crippen LogP contribution is -2.43. The van der Waals surface area contributed by atoms with Crippen molar-refractivity contribution in [2.24, 2.45) is 0 Å². The molecule has 5 heteroatoms. The maximum Gasteiger partial charge on any atom is 0.247 e. The number of hydrogen-bond donors (Lipinski definition) is 1. The number of nitrogens with one attached hydrogen (secondary N) is 1. The predicted octanol–water partition coefficient (Wildman–Crippen LogP) is 0.250. The van der Waals surface area contributed by atoms with E-state index in [1.165, 1.54) is 0 Å². The van der Waals surface area contributed by atoms with Crippen LogP contribution in [0.15, 0.2) is 23.9 Å². The van der Waals surface area contributed by atoms with E-state index < -0.39 is 0 Å². The second kappa shape index (κ2) is 4.40. The molecule has 5 nitrogen and oxygen atoms in total. The van der Waals surface area contributed by atoms with Gasteiger partial charge in [-0.15, -0.1) is 0 Å². The van der Waals surface area contributed by atoms with Crippen LogP contribution < -0.4 is 5.32 Å². The molecule has 0 aromatic heterocycles. The molecule has 1 fully saturated rings. The van der Waals surface area contributed by atoms with Crippen LogP contribution in [0.2, 0.25) is 0 Å². The molecule has 3 aliphatic rings. The van der Waals surface area contributed by atoms with E-state index in [-0.39, 0.29) is 29.9 Å². The van der Waals surface area contributed by atoms with Crippen molar-refractivity contribution in [1.29, 1.82) is 0 Å². The summed E-state index contributed by atoms with van der Waals surface area (Å²) in [6.07, 6.45) is 6.26. The van der Waals surface area contributed by atoms with Crippen molar-refractivity contribution in [1.82, 2.24) is 15.1 Å². The first-order valence-corrected chi connectivity index (χ1v) is 6.84. The SMILES string of the molecule is CC1NC(=O)C=C1N1CCC(N2C(=O)C=CC2C)C1. The van der Waals surface area contributed by atoms with E-state index in [0.717, 1.165) is 25.2 Å². The van der Waals surface area contributed by atoms with Crippen molar-refractivity contribution in [2.75, 3.05) is 13.1 Å². The van der Waals surface area contributed by atoms with Gasteiger partial charge in [0.05, 0.1) is 12.1 Å². The van der Waals surface area contributed by atoms with Crippen molar-refractivity contribution in [3.63, 3.8) is 0 Å². The van der Waals surface area contributed by atoms with E-state index in [1.807, 2.05) is 24.8 Å². The first-order valence-electron chi connectivity index (χ1n) is 6.84. The summed E-state index contributed by atoms with van der Waals surface area (Å²) in [6.45, 7) is 5.77. The number of likely N-dealkylation sites (tertiary alicyclic amines) is 1. The third-order valence-corrected chi connectivity index (χ3v) is 4.21. The van der Waals surface area contributed by atoms with E-state index in [1.54, 1.807) is 12.2 Å². The summed E-state index contributed by atoms with van der Waals surface area (Å²) in [6, 6.07) is 0.518. The minimum Gasteiger partial charge on any atom is -0.371 e. The third kappa shape index (κ3) is 2.03. The highest BCUT2D eigenvalue weighted by atomic mass is 16.2. The largest absolute Gasteiger partial charge is 0.371 e. The molecule has 3 atom stereocenters. The Morgan fingerprint density at radius 1 is 1.32 bits per heavy atom. The van der Waals surface area contributed by atoms with E-state index in [2.05, 4.69) is 10.2 Å². The van der Waals surface area contributed by atoms with E-state index >= 15 is 0 Å². The van der Waals surface area contributed by atoms with E-state index in [0.29, 0.717) is 0 Å². The summed E-state index contributed by atoms with van der Waals surface area (Å²) in [7, 11) is 0. The van der Waals surface area contributed by atoms with Gasteiger partial charge in [0.15, 0.2) is 0 Å². The van der Waals surface area contributed by atoms with Gasteiger partial charge in [0.2, 0.25) is 11.8 Å². The van der Waals surface area contributed by atoms with Crippen LogP contribution in [0.25, 0.3) is 0 Å². The lowest BCUT2D eigenvalue weighted by molar-refractivity contribution is -0.127. The molecule has 1 N–H and O–H groups in total. The molecule has 3 rings (SSSR count). The van der Waals surface area contributed by atoms with Crippen molar-refractivity contribution in [2.45, 2.75) is 38.4 Å². The normalized spacial score (nSPS) is 34.2. The summed E-state index contributed by atoms with van der Waals surface area (Å²) < 4.78 is 0. The van der Waals surface area contributed by atoms with Gasteiger partial charge < -0.3 is 15.1 Å². The van der Waals surface area contributed by atoms with Gasteiger partial charge in [0.25, 0.3) is 0 Å². The number of amides is 2. The molecule has 19 heavy (non-hydrogen) atoms. The van der Waals surface area contributed by atoms with Gasteiger partial charge >= 0.3 is 0 Å². The lowest BCUT2D eigenvalue weighted by Gasteiger charge is -2.29. The Balaban J connectivity index is 1.69. The van der Waals surface area contributed by atoms with Gasteiger partial charge in [-0.1, -0.05) is 6.08 Å². The molecule has 0 bridgehead atoms. The zero-order valence-electron chi connectivity index (χ0n) is 11.3. The molecule has 102 valence electrons. The fourth-order valence-electron chi connectivity index (χ4n) is 3.27. The Morgan fingerprint density at radius 3 is 2.68 bits per heavy atom. The van der Waals surface area contributed by atoms with Crippen LogP contribution in [0.5, 0.6) is 0 Å². The van der Waals surface area contributed by atoms with Gasteiger partial charge in [-0.3, -0.25) is 9.59 Å². The van der Waals surface area contributed by atoms with Gasteiger partial charge in [-0.2, -0.15) is 0 Å². The molecule has 3 unspecified atom stereocenters.